The normalized spacial score (nSPS) is 19.8. The molecule has 2 aromatic carbocycles. The summed E-state index contributed by atoms with van der Waals surface area (Å²) in [5, 5.41) is 0. The van der Waals surface area contributed by atoms with Crippen LogP contribution in [0.3, 0.4) is 0 Å². The Morgan fingerprint density at radius 1 is 1.05 bits per heavy atom. The maximum absolute atomic E-state index is 12.6. The van der Waals surface area contributed by atoms with Crippen molar-refractivity contribution >= 4 is 10.0 Å². The van der Waals surface area contributed by atoms with Crippen LogP contribution < -0.4 is 0 Å². The summed E-state index contributed by atoms with van der Waals surface area (Å²) in [5.74, 6) is 0. The summed E-state index contributed by atoms with van der Waals surface area (Å²) in [6.45, 7) is 2.37. The lowest BCUT2D eigenvalue weighted by Crippen LogP contribution is -2.28. The molecule has 0 N–H and O–H groups in total. The first-order valence-corrected chi connectivity index (χ1v) is 8.25. The Bertz CT molecular complexity index is 711. The monoisotopic (exact) mass is 303 g/mol. The number of ether oxygens (including phenoxy) is 1. The first kappa shape index (κ1) is 14.3. The standard InChI is InChI=1S/C16H17NO3S/c1-13-7-9-15(10-8-13)21(18,19)17-11-16(20-12-17)14-5-3-2-4-6-14/h2-10,16H,11-12H2,1H3. The van der Waals surface area contributed by atoms with Gasteiger partial charge in [0.05, 0.1) is 11.0 Å². The SMILES string of the molecule is Cc1ccc(S(=O)(=O)N2COC(c3ccccc3)C2)cc1. The molecule has 0 radical (unpaired) electrons. The van der Waals surface area contributed by atoms with Gasteiger partial charge in [0.15, 0.2) is 0 Å². The van der Waals surface area contributed by atoms with Crippen molar-refractivity contribution in [2.45, 2.75) is 17.9 Å². The van der Waals surface area contributed by atoms with Crippen molar-refractivity contribution in [3.05, 3.63) is 65.7 Å². The smallest absolute Gasteiger partial charge is 0.245 e. The van der Waals surface area contributed by atoms with Gasteiger partial charge in [0.1, 0.15) is 6.73 Å². The fourth-order valence-corrected chi connectivity index (χ4v) is 3.67. The van der Waals surface area contributed by atoms with Crippen LogP contribution >= 0.6 is 0 Å². The van der Waals surface area contributed by atoms with Gasteiger partial charge in [0, 0.05) is 6.54 Å². The summed E-state index contributed by atoms with van der Waals surface area (Å²) in [6, 6.07) is 16.6. The summed E-state index contributed by atoms with van der Waals surface area (Å²) in [7, 11) is -3.49. The molecular formula is C16H17NO3S. The average molecular weight is 303 g/mol. The lowest BCUT2D eigenvalue weighted by molar-refractivity contribution is 0.104. The minimum absolute atomic E-state index is 0.0930. The van der Waals surface area contributed by atoms with Gasteiger partial charge in [-0.1, -0.05) is 48.0 Å². The van der Waals surface area contributed by atoms with Crippen molar-refractivity contribution in [2.24, 2.45) is 0 Å². The number of nitrogens with zero attached hydrogens (tertiary/aromatic N) is 1. The van der Waals surface area contributed by atoms with E-state index in [-0.39, 0.29) is 12.8 Å². The van der Waals surface area contributed by atoms with Crippen LogP contribution in [0.1, 0.15) is 17.2 Å². The van der Waals surface area contributed by atoms with E-state index in [2.05, 4.69) is 0 Å². The molecule has 1 saturated heterocycles. The molecule has 1 aliphatic heterocycles. The van der Waals surface area contributed by atoms with Crippen LogP contribution in [0.25, 0.3) is 0 Å². The fourth-order valence-electron chi connectivity index (χ4n) is 2.36. The van der Waals surface area contributed by atoms with Crippen molar-refractivity contribution in [1.29, 1.82) is 0 Å². The molecule has 4 nitrogen and oxygen atoms in total. The van der Waals surface area contributed by atoms with Crippen molar-refractivity contribution in [2.75, 3.05) is 13.3 Å². The van der Waals surface area contributed by atoms with Crippen molar-refractivity contribution < 1.29 is 13.2 Å². The number of rotatable bonds is 3. The second-order valence-corrected chi connectivity index (χ2v) is 7.09. The molecule has 1 aliphatic rings. The molecule has 1 unspecified atom stereocenters. The molecule has 1 heterocycles. The highest BCUT2D eigenvalue weighted by atomic mass is 32.2. The zero-order valence-electron chi connectivity index (χ0n) is 11.8. The zero-order chi connectivity index (χ0) is 14.9. The highest BCUT2D eigenvalue weighted by molar-refractivity contribution is 7.89. The highest BCUT2D eigenvalue weighted by Gasteiger charge is 2.33. The van der Waals surface area contributed by atoms with E-state index in [0.717, 1.165) is 11.1 Å². The van der Waals surface area contributed by atoms with Crippen LogP contribution in [0.2, 0.25) is 0 Å². The molecule has 1 fully saturated rings. The Morgan fingerprint density at radius 2 is 1.71 bits per heavy atom. The van der Waals surface area contributed by atoms with Crippen LogP contribution in [0.15, 0.2) is 59.5 Å². The largest absolute Gasteiger partial charge is 0.356 e. The maximum atomic E-state index is 12.6. The van der Waals surface area contributed by atoms with Gasteiger partial charge in [-0.15, -0.1) is 0 Å². The van der Waals surface area contributed by atoms with Crippen LogP contribution in [-0.2, 0) is 14.8 Å². The number of hydrogen-bond acceptors (Lipinski definition) is 3. The minimum Gasteiger partial charge on any atom is -0.356 e. The molecule has 1 atom stereocenters. The van der Waals surface area contributed by atoms with E-state index in [1.165, 1.54) is 4.31 Å². The summed E-state index contributed by atoms with van der Waals surface area (Å²) >= 11 is 0. The molecular weight excluding hydrogens is 286 g/mol. The lowest BCUT2D eigenvalue weighted by atomic mass is 10.1. The van der Waals surface area contributed by atoms with Crippen LogP contribution in [0.4, 0.5) is 0 Å². The lowest BCUT2D eigenvalue weighted by Gasteiger charge is -2.14. The van der Waals surface area contributed by atoms with E-state index in [1.54, 1.807) is 24.3 Å². The van der Waals surface area contributed by atoms with E-state index < -0.39 is 10.0 Å². The van der Waals surface area contributed by atoms with Crippen molar-refractivity contribution in [3.63, 3.8) is 0 Å². The quantitative estimate of drug-likeness (QED) is 0.876. The molecule has 2 aromatic rings. The van der Waals surface area contributed by atoms with Gasteiger partial charge in [-0.25, -0.2) is 8.42 Å². The van der Waals surface area contributed by atoms with Crippen molar-refractivity contribution in [3.8, 4) is 0 Å². The number of sulfonamides is 1. The number of benzene rings is 2. The van der Waals surface area contributed by atoms with Gasteiger partial charge in [-0.05, 0) is 24.6 Å². The summed E-state index contributed by atoms with van der Waals surface area (Å²) in [4.78, 5) is 0.311. The molecule has 3 rings (SSSR count). The average Bonchev–Trinajstić information content (AvgIpc) is 2.99. The topological polar surface area (TPSA) is 46.6 Å². The first-order valence-electron chi connectivity index (χ1n) is 6.81. The van der Waals surface area contributed by atoms with Crippen molar-refractivity contribution in [1.82, 2.24) is 4.31 Å². The van der Waals surface area contributed by atoms with E-state index >= 15 is 0 Å². The second kappa shape index (κ2) is 5.60. The Morgan fingerprint density at radius 3 is 2.38 bits per heavy atom. The van der Waals surface area contributed by atoms with Crippen LogP contribution in [0.5, 0.6) is 0 Å². The van der Waals surface area contributed by atoms with E-state index in [0.29, 0.717) is 11.4 Å². The summed E-state index contributed by atoms with van der Waals surface area (Å²) in [5.41, 5.74) is 2.04. The number of hydrogen-bond donors (Lipinski definition) is 0. The molecule has 21 heavy (non-hydrogen) atoms. The first-order chi connectivity index (χ1) is 10.1. The van der Waals surface area contributed by atoms with Gasteiger partial charge >= 0.3 is 0 Å². The van der Waals surface area contributed by atoms with E-state index in [9.17, 15) is 8.42 Å². The fraction of sp³-hybridized carbons (Fsp3) is 0.250. The van der Waals surface area contributed by atoms with Gasteiger partial charge < -0.3 is 4.74 Å². The van der Waals surface area contributed by atoms with E-state index in [1.807, 2.05) is 37.3 Å². The Balaban J connectivity index is 1.81. The van der Waals surface area contributed by atoms with E-state index in [4.69, 9.17) is 4.74 Å². The molecule has 5 heteroatoms. The molecule has 0 bridgehead atoms. The van der Waals surface area contributed by atoms with Crippen LogP contribution in [-0.4, -0.2) is 26.0 Å². The van der Waals surface area contributed by atoms with Gasteiger partial charge in [-0.2, -0.15) is 4.31 Å². The maximum Gasteiger partial charge on any atom is 0.245 e. The third-order valence-corrected chi connectivity index (χ3v) is 5.42. The Kier molecular flexibility index (Phi) is 3.80. The van der Waals surface area contributed by atoms with Gasteiger partial charge in [0.2, 0.25) is 10.0 Å². The molecule has 0 amide bonds. The Labute approximate surface area is 125 Å². The minimum atomic E-state index is -3.49. The second-order valence-electron chi connectivity index (χ2n) is 5.15. The zero-order valence-corrected chi connectivity index (χ0v) is 12.6. The van der Waals surface area contributed by atoms with Gasteiger partial charge in [0.25, 0.3) is 0 Å². The predicted octanol–water partition coefficient (Wildman–Crippen LogP) is 2.71. The summed E-state index contributed by atoms with van der Waals surface area (Å²) < 4.78 is 32.2. The molecule has 110 valence electrons. The number of aryl methyl sites for hydroxylation is 1. The van der Waals surface area contributed by atoms with Gasteiger partial charge in [-0.3, -0.25) is 0 Å². The van der Waals surface area contributed by atoms with Crippen LogP contribution in [0, 0.1) is 6.92 Å². The molecule has 0 saturated carbocycles. The molecule has 0 aromatic heterocycles. The molecule has 0 aliphatic carbocycles. The molecule has 0 spiro atoms. The third kappa shape index (κ3) is 2.85. The predicted molar refractivity (Wildman–Crippen MR) is 80.2 cm³/mol. The Hall–Kier alpha value is -1.69. The highest BCUT2D eigenvalue weighted by Crippen LogP contribution is 2.28. The third-order valence-electron chi connectivity index (χ3n) is 3.62. The summed E-state index contributed by atoms with van der Waals surface area (Å²) in [6.07, 6.45) is -0.202.